The molecule has 3 rings (SSSR count). The monoisotopic (exact) mass is 409 g/mol. The van der Waals surface area contributed by atoms with Crippen molar-refractivity contribution < 1.29 is 27.3 Å². The number of aromatic nitrogens is 1. The lowest BCUT2D eigenvalue weighted by Gasteiger charge is -2.10. The van der Waals surface area contributed by atoms with Crippen LogP contribution in [0, 0.1) is 15.9 Å². The Hall–Kier alpha value is -3.76. The molecule has 0 saturated heterocycles. The fourth-order valence-corrected chi connectivity index (χ4v) is 2.71. The van der Waals surface area contributed by atoms with E-state index in [1.807, 2.05) is 0 Å². The van der Waals surface area contributed by atoms with Crippen molar-refractivity contribution in [3.8, 4) is 0 Å². The Morgan fingerprint density at radius 2 is 1.93 bits per heavy atom. The highest BCUT2D eigenvalue weighted by molar-refractivity contribution is 5.98. The van der Waals surface area contributed by atoms with Crippen LogP contribution in [0.2, 0.25) is 0 Å². The summed E-state index contributed by atoms with van der Waals surface area (Å²) in [6.07, 6.45) is -4.05. The third-order valence-corrected chi connectivity index (χ3v) is 4.08. The number of nitrogens with zero attached hydrogens (tertiary/aromatic N) is 1. The van der Waals surface area contributed by atoms with Gasteiger partial charge in [0, 0.05) is 18.8 Å². The van der Waals surface area contributed by atoms with E-state index in [2.05, 4.69) is 10.3 Å². The van der Waals surface area contributed by atoms with Crippen LogP contribution in [0.25, 0.3) is 10.9 Å². The molecular weight excluding hydrogens is 398 g/mol. The normalized spacial score (nSPS) is 11.4. The van der Waals surface area contributed by atoms with Gasteiger partial charge in [-0.15, -0.1) is 0 Å². The van der Waals surface area contributed by atoms with Crippen molar-refractivity contribution in [3.63, 3.8) is 0 Å². The van der Waals surface area contributed by atoms with Gasteiger partial charge in [-0.2, -0.15) is 13.2 Å². The molecule has 1 amide bonds. The number of benzene rings is 2. The minimum absolute atomic E-state index is 0.142. The van der Waals surface area contributed by atoms with Gasteiger partial charge in [-0.3, -0.25) is 19.7 Å². The van der Waals surface area contributed by atoms with E-state index in [1.165, 1.54) is 18.2 Å². The molecule has 0 unspecified atom stereocenters. The Morgan fingerprint density at radius 3 is 2.55 bits per heavy atom. The van der Waals surface area contributed by atoms with E-state index in [-0.39, 0.29) is 6.54 Å². The van der Waals surface area contributed by atoms with Crippen molar-refractivity contribution in [1.29, 1.82) is 0 Å². The maximum Gasteiger partial charge on any atom is 0.416 e. The SMILES string of the molecule is O=C(NCc1cccc(F)c1)c1c[nH]c2c([N+](=O)[O-])cc(C(F)(F)F)cc2c1=O. The highest BCUT2D eigenvalue weighted by Crippen LogP contribution is 2.34. The number of rotatable bonds is 4. The predicted molar refractivity (Wildman–Crippen MR) is 93.8 cm³/mol. The Bertz CT molecular complexity index is 1190. The molecule has 29 heavy (non-hydrogen) atoms. The van der Waals surface area contributed by atoms with Crippen LogP contribution in [-0.2, 0) is 12.7 Å². The van der Waals surface area contributed by atoms with Gasteiger partial charge < -0.3 is 10.3 Å². The van der Waals surface area contributed by atoms with Gasteiger partial charge in [-0.1, -0.05) is 12.1 Å². The summed E-state index contributed by atoms with van der Waals surface area (Å²) in [6.45, 7) is -0.142. The number of nitro groups is 1. The summed E-state index contributed by atoms with van der Waals surface area (Å²) in [5.74, 6) is -1.47. The second-order valence-electron chi connectivity index (χ2n) is 6.02. The van der Waals surface area contributed by atoms with E-state index >= 15 is 0 Å². The number of H-pyrrole nitrogens is 1. The molecule has 2 aromatic carbocycles. The Morgan fingerprint density at radius 1 is 1.21 bits per heavy atom. The van der Waals surface area contributed by atoms with Gasteiger partial charge >= 0.3 is 6.18 Å². The Labute approximate surface area is 159 Å². The third kappa shape index (κ3) is 4.08. The van der Waals surface area contributed by atoms with Crippen LogP contribution in [0.3, 0.4) is 0 Å². The van der Waals surface area contributed by atoms with Crippen molar-refractivity contribution in [2.24, 2.45) is 0 Å². The second-order valence-corrected chi connectivity index (χ2v) is 6.02. The number of nitrogens with one attached hydrogen (secondary N) is 2. The summed E-state index contributed by atoms with van der Waals surface area (Å²) in [4.78, 5) is 37.3. The first-order valence-electron chi connectivity index (χ1n) is 8.01. The molecule has 0 aliphatic heterocycles. The predicted octanol–water partition coefficient (Wildman–Crippen LogP) is 3.52. The third-order valence-electron chi connectivity index (χ3n) is 4.08. The van der Waals surface area contributed by atoms with Crippen molar-refractivity contribution in [2.45, 2.75) is 12.7 Å². The summed E-state index contributed by atoms with van der Waals surface area (Å²) in [5.41, 5.74) is -4.02. The summed E-state index contributed by atoms with van der Waals surface area (Å²) < 4.78 is 52.3. The standard InChI is InChI=1S/C18H11F4N3O4/c19-11-3-1-2-9(4-11)7-24-17(27)13-8-23-15-12(16(13)26)5-10(18(20,21)22)6-14(15)25(28)29/h1-6,8H,7H2,(H,23,26)(H,24,27). The van der Waals surface area contributed by atoms with E-state index in [4.69, 9.17) is 0 Å². The average molecular weight is 409 g/mol. The minimum atomic E-state index is -4.93. The van der Waals surface area contributed by atoms with Gasteiger partial charge in [0.2, 0.25) is 5.43 Å². The maximum atomic E-state index is 13.2. The van der Waals surface area contributed by atoms with E-state index < -0.39 is 56.0 Å². The molecule has 0 spiro atoms. The zero-order valence-corrected chi connectivity index (χ0v) is 14.3. The molecule has 0 radical (unpaired) electrons. The topological polar surface area (TPSA) is 105 Å². The fourth-order valence-electron chi connectivity index (χ4n) is 2.71. The molecule has 1 heterocycles. The molecule has 3 aromatic rings. The first kappa shape index (κ1) is 20.0. The number of aromatic amines is 1. The van der Waals surface area contributed by atoms with Gasteiger partial charge in [0.15, 0.2) is 0 Å². The average Bonchev–Trinajstić information content (AvgIpc) is 2.65. The minimum Gasteiger partial charge on any atom is -0.355 e. The molecule has 0 fully saturated rings. The Balaban J connectivity index is 2.03. The lowest BCUT2D eigenvalue weighted by molar-refractivity contribution is -0.383. The first-order valence-corrected chi connectivity index (χ1v) is 8.01. The lowest BCUT2D eigenvalue weighted by Crippen LogP contribution is -2.28. The second kappa shape index (κ2) is 7.34. The molecule has 150 valence electrons. The summed E-state index contributed by atoms with van der Waals surface area (Å²) in [5, 5.41) is 12.8. The number of fused-ring (bicyclic) bond motifs is 1. The number of nitro benzene ring substituents is 1. The van der Waals surface area contributed by atoms with Crippen LogP contribution in [-0.4, -0.2) is 15.8 Å². The molecule has 7 nitrogen and oxygen atoms in total. The fraction of sp³-hybridized carbons (Fsp3) is 0.111. The van der Waals surface area contributed by atoms with E-state index in [1.54, 1.807) is 0 Å². The van der Waals surface area contributed by atoms with E-state index in [9.17, 15) is 37.3 Å². The number of carbonyl (C=O) groups is 1. The molecule has 1 aromatic heterocycles. The number of alkyl halides is 3. The highest BCUT2D eigenvalue weighted by atomic mass is 19.4. The molecule has 2 N–H and O–H groups in total. The Kier molecular flexibility index (Phi) is 5.06. The first-order chi connectivity index (χ1) is 13.6. The summed E-state index contributed by atoms with van der Waals surface area (Å²) in [7, 11) is 0. The van der Waals surface area contributed by atoms with Crippen molar-refractivity contribution in [2.75, 3.05) is 0 Å². The van der Waals surface area contributed by atoms with Gasteiger partial charge in [0.1, 0.15) is 16.9 Å². The van der Waals surface area contributed by atoms with E-state index in [0.29, 0.717) is 17.7 Å². The molecular formula is C18H11F4N3O4. The van der Waals surface area contributed by atoms with Gasteiger partial charge in [0.05, 0.1) is 15.9 Å². The number of non-ortho nitro benzene ring substituents is 1. The van der Waals surface area contributed by atoms with E-state index in [0.717, 1.165) is 12.3 Å². The molecule has 11 heteroatoms. The van der Waals surface area contributed by atoms with Gasteiger partial charge in [0.25, 0.3) is 11.6 Å². The molecule has 0 bridgehead atoms. The number of pyridine rings is 1. The molecule has 0 atom stereocenters. The van der Waals surface area contributed by atoms with Crippen LogP contribution in [0.15, 0.2) is 47.4 Å². The van der Waals surface area contributed by atoms with Crippen LogP contribution in [0.4, 0.5) is 23.2 Å². The van der Waals surface area contributed by atoms with Crippen LogP contribution in [0.1, 0.15) is 21.5 Å². The van der Waals surface area contributed by atoms with Crippen LogP contribution >= 0.6 is 0 Å². The van der Waals surface area contributed by atoms with Gasteiger partial charge in [-0.25, -0.2) is 4.39 Å². The van der Waals surface area contributed by atoms with Crippen molar-refractivity contribution >= 4 is 22.5 Å². The largest absolute Gasteiger partial charge is 0.416 e. The van der Waals surface area contributed by atoms with Crippen molar-refractivity contribution in [1.82, 2.24) is 10.3 Å². The molecule has 0 aliphatic carbocycles. The zero-order valence-electron chi connectivity index (χ0n) is 14.3. The number of amides is 1. The van der Waals surface area contributed by atoms with Crippen molar-refractivity contribution in [3.05, 3.63) is 85.4 Å². The molecule has 0 saturated carbocycles. The number of hydrogen-bond acceptors (Lipinski definition) is 4. The molecule has 0 aliphatic rings. The lowest BCUT2D eigenvalue weighted by atomic mass is 10.1. The zero-order chi connectivity index (χ0) is 21.3. The number of carbonyl (C=O) groups excluding carboxylic acids is 1. The van der Waals surface area contributed by atoms with Crippen LogP contribution in [0.5, 0.6) is 0 Å². The summed E-state index contributed by atoms with van der Waals surface area (Å²) in [6, 6.07) is 6.05. The van der Waals surface area contributed by atoms with Crippen LogP contribution < -0.4 is 10.7 Å². The smallest absolute Gasteiger partial charge is 0.355 e. The van der Waals surface area contributed by atoms with Gasteiger partial charge in [-0.05, 0) is 23.8 Å². The summed E-state index contributed by atoms with van der Waals surface area (Å²) >= 11 is 0. The number of hydrogen-bond donors (Lipinski definition) is 2. The quantitative estimate of drug-likeness (QED) is 0.391. The maximum absolute atomic E-state index is 13.2. The highest BCUT2D eigenvalue weighted by Gasteiger charge is 2.34. The number of halogens is 4.